The molecular weight excluding hydrogens is 344 g/mol. The highest BCUT2D eigenvalue weighted by atomic mass is 127. The summed E-state index contributed by atoms with van der Waals surface area (Å²) in [7, 11) is 1.44. The molecule has 16 heavy (non-hydrogen) atoms. The average Bonchev–Trinajstić information content (AvgIpc) is 2.23. The molecule has 0 amide bonds. The van der Waals surface area contributed by atoms with Crippen LogP contribution in [0.1, 0.15) is 18.0 Å². The monoisotopic (exact) mass is 357 g/mol. The van der Waals surface area contributed by atoms with Gasteiger partial charge in [-0.2, -0.15) is 0 Å². The topological polar surface area (TPSA) is 64.7 Å². The highest BCUT2D eigenvalue weighted by molar-refractivity contribution is 14.1. The summed E-state index contributed by atoms with van der Waals surface area (Å²) in [6.45, 7) is 0.361. The van der Waals surface area contributed by atoms with Crippen LogP contribution in [-0.4, -0.2) is 18.8 Å². The van der Waals surface area contributed by atoms with E-state index < -0.39 is 0 Å². The molecule has 6 heteroatoms. The van der Waals surface area contributed by atoms with Crippen LogP contribution in [0.3, 0.4) is 0 Å². The minimum Gasteiger partial charge on any atom is -0.506 e. The Bertz CT molecular complexity index is 362. The fraction of sp³-hybridized carbons (Fsp3) is 0.400. The van der Waals surface area contributed by atoms with Gasteiger partial charge < -0.3 is 10.8 Å². The second-order valence-electron chi connectivity index (χ2n) is 3.21. The number of hydrogen-bond donors (Lipinski definition) is 2. The van der Waals surface area contributed by atoms with Gasteiger partial charge >= 0.3 is 0 Å². The van der Waals surface area contributed by atoms with Gasteiger partial charge in [0, 0.05) is 16.6 Å². The summed E-state index contributed by atoms with van der Waals surface area (Å²) in [5.41, 5.74) is 6.54. The van der Waals surface area contributed by atoms with Crippen LogP contribution >= 0.6 is 34.2 Å². The molecule has 0 saturated heterocycles. The quantitative estimate of drug-likeness (QED) is 0.368. The Morgan fingerprint density at radius 3 is 2.88 bits per heavy atom. The van der Waals surface area contributed by atoms with Gasteiger partial charge in [-0.1, -0.05) is 11.6 Å². The van der Waals surface area contributed by atoms with Gasteiger partial charge in [-0.3, -0.25) is 0 Å². The van der Waals surface area contributed by atoms with Gasteiger partial charge in [-0.15, -0.1) is 0 Å². The fourth-order valence-electron chi connectivity index (χ4n) is 1.28. The number of aromatic hydroxyl groups is 1. The maximum Gasteiger partial charge on any atom is 0.133 e. The molecule has 0 bridgehead atoms. The van der Waals surface area contributed by atoms with E-state index in [0.717, 1.165) is 0 Å². The van der Waals surface area contributed by atoms with Crippen LogP contribution in [-0.2, 0) is 9.78 Å². The third-order valence-corrected chi connectivity index (χ3v) is 3.13. The van der Waals surface area contributed by atoms with Gasteiger partial charge in [-0.25, -0.2) is 9.78 Å². The zero-order valence-corrected chi connectivity index (χ0v) is 11.7. The lowest BCUT2D eigenvalue weighted by molar-refractivity contribution is -0.273. The standard InChI is InChI=1S/C10H13ClINO3/c1-15-16-3-2-9(13)7-4-6(11)5-8(12)10(7)14/h4-5,9,14H,2-3,13H2,1H3/t9-/m0/s1. The van der Waals surface area contributed by atoms with Crippen LogP contribution in [0.4, 0.5) is 0 Å². The van der Waals surface area contributed by atoms with Gasteiger partial charge in [0.25, 0.3) is 0 Å². The van der Waals surface area contributed by atoms with E-state index in [2.05, 4.69) is 4.89 Å². The zero-order valence-electron chi connectivity index (χ0n) is 8.74. The Balaban J connectivity index is 2.78. The number of rotatable bonds is 5. The van der Waals surface area contributed by atoms with Crippen LogP contribution < -0.4 is 5.73 Å². The highest BCUT2D eigenvalue weighted by Gasteiger charge is 2.14. The molecule has 0 aliphatic heterocycles. The molecule has 4 nitrogen and oxygen atoms in total. The molecule has 0 spiro atoms. The Morgan fingerprint density at radius 1 is 1.56 bits per heavy atom. The van der Waals surface area contributed by atoms with Crippen molar-refractivity contribution in [1.82, 2.24) is 0 Å². The highest BCUT2D eigenvalue weighted by Crippen LogP contribution is 2.32. The lowest BCUT2D eigenvalue weighted by Gasteiger charge is -2.14. The predicted octanol–water partition coefficient (Wildman–Crippen LogP) is 2.62. The van der Waals surface area contributed by atoms with Gasteiger partial charge in [0.15, 0.2) is 0 Å². The van der Waals surface area contributed by atoms with Crippen LogP contribution in [0.25, 0.3) is 0 Å². The summed E-state index contributed by atoms with van der Waals surface area (Å²) < 4.78 is 0.684. The molecule has 90 valence electrons. The van der Waals surface area contributed by atoms with E-state index in [1.807, 2.05) is 22.6 Å². The molecule has 0 radical (unpaired) electrons. The van der Waals surface area contributed by atoms with Gasteiger partial charge in [0.1, 0.15) is 5.75 Å². The van der Waals surface area contributed by atoms with Crippen LogP contribution in [0, 0.1) is 3.57 Å². The maximum atomic E-state index is 9.83. The van der Waals surface area contributed by atoms with Gasteiger partial charge in [-0.05, 0) is 41.1 Å². The number of hydrogen-bond acceptors (Lipinski definition) is 4. The van der Waals surface area contributed by atoms with Crippen LogP contribution in [0.2, 0.25) is 5.02 Å². The van der Waals surface area contributed by atoms with Crippen molar-refractivity contribution < 1.29 is 14.9 Å². The first-order valence-electron chi connectivity index (χ1n) is 4.65. The predicted molar refractivity (Wildman–Crippen MR) is 70.3 cm³/mol. The summed E-state index contributed by atoms with van der Waals surface area (Å²) in [5, 5.41) is 10.4. The Hall–Kier alpha value is -0.0800. The first kappa shape index (κ1) is 14.0. The molecule has 1 aromatic carbocycles. The van der Waals surface area contributed by atoms with Crippen molar-refractivity contribution in [2.45, 2.75) is 12.5 Å². The number of phenolic OH excluding ortho intramolecular Hbond substituents is 1. The molecule has 0 unspecified atom stereocenters. The molecule has 1 atom stereocenters. The summed E-state index contributed by atoms with van der Waals surface area (Å²) in [6, 6.07) is 3.01. The lowest BCUT2D eigenvalue weighted by Crippen LogP contribution is -2.13. The summed E-state index contributed by atoms with van der Waals surface area (Å²) in [4.78, 5) is 9.19. The molecule has 0 fully saturated rings. The fourth-order valence-corrected chi connectivity index (χ4v) is 2.34. The Morgan fingerprint density at radius 2 is 2.25 bits per heavy atom. The number of halogens is 2. The number of nitrogens with two attached hydrogens (primary N) is 1. The summed E-state index contributed by atoms with van der Waals surface area (Å²) in [6.07, 6.45) is 0.540. The van der Waals surface area contributed by atoms with Crippen molar-refractivity contribution in [2.24, 2.45) is 5.73 Å². The van der Waals surface area contributed by atoms with Crippen molar-refractivity contribution in [3.63, 3.8) is 0 Å². The smallest absolute Gasteiger partial charge is 0.133 e. The minimum absolute atomic E-state index is 0.176. The third kappa shape index (κ3) is 3.74. The molecule has 0 aromatic heterocycles. The van der Waals surface area contributed by atoms with Crippen molar-refractivity contribution in [1.29, 1.82) is 0 Å². The number of benzene rings is 1. The molecule has 0 saturated carbocycles. The Labute approximate surface area is 113 Å². The van der Waals surface area contributed by atoms with E-state index >= 15 is 0 Å². The molecule has 0 aliphatic rings. The first-order valence-corrected chi connectivity index (χ1v) is 6.11. The second kappa shape index (κ2) is 6.61. The van der Waals surface area contributed by atoms with Crippen LogP contribution in [0.15, 0.2) is 12.1 Å². The SMILES string of the molecule is COOCC[C@H](N)c1cc(Cl)cc(I)c1O. The molecular formula is C10H13ClINO3. The molecule has 1 rings (SSSR count). The van der Waals surface area contributed by atoms with E-state index in [1.165, 1.54) is 7.11 Å². The van der Waals surface area contributed by atoms with Gasteiger partial charge in [0.05, 0.1) is 17.3 Å². The molecule has 0 aliphatic carbocycles. The van der Waals surface area contributed by atoms with Crippen molar-refractivity contribution in [3.05, 3.63) is 26.3 Å². The average molecular weight is 358 g/mol. The van der Waals surface area contributed by atoms with E-state index in [0.29, 0.717) is 27.2 Å². The first-order chi connectivity index (χ1) is 7.56. The lowest BCUT2D eigenvalue weighted by atomic mass is 10.0. The van der Waals surface area contributed by atoms with Crippen molar-refractivity contribution in [3.8, 4) is 5.75 Å². The number of phenols is 1. The zero-order chi connectivity index (χ0) is 12.1. The second-order valence-corrected chi connectivity index (χ2v) is 4.81. The third-order valence-electron chi connectivity index (χ3n) is 2.09. The van der Waals surface area contributed by atoms with Crippen molar-refractivity contribution >= 4 is 34.2 Å². The van der Waals surface area contributed by atoms with E-state index in [-0.39, 0.29) is 11.8 Å². The molecule has 3 N–H and O–H groups in total. The molecule has 1 aromatic rings. The van der Waals surface area contributed by atoms with Gasteiger partial charge in [0.2, 0.25) is 0 Å². The van der Waals surface area contributed by atoms with Crippen LogP contribution in [0.5, 0.6) is 5.75 Å². The summed E-state index contributed by atoms with van der Waals surface area (Å²) >= 11 is 7.91. The molecule has 0 heterocycles. The van der Waals surface area contributed by atoms with E-state index in [1.54, 1.807) is 12.1 Å². The summed E-state index contributed by atoms with van der Waals surface area (Å²) in [5.74, 6) is 0.176. The normalized spacial score (nSPS) is 12.8. The van der Waals surface area contributed by atoms with E-state index in [9.17, 15) is 5.11 Å². The van der Waals surface area contributed by atoms with E-state index in [4.69, 9.17) is 22.2 Å². The van der Waals surface area contributed by atoms with Crippen molar-refractivity contribution in [2.75, 3.05) is 13.7 Å². The maximum absolute atomic E-state index is 9.83. The minimum atomic E-state index is -0.331. The Kier molecular flexibility index (Phi) is 5.77. The largest absolute Gasteiger partial charge is 0.506 e.